The van der Waals surface area contributed by atoms with E-state index >= 15 is 0 Å². The van der Waals surface area contributed by atoms with Crippen molar-refractivity contribution < 1.29 is 0 Å². The molecule has 2 aliphatic heterocycles. The molecule has 0 spiro atoms. The minimum absolute atomic E-state index is 0.552. The molecule has 3 heterocycles. The molecule has 6 heteroatoms. The Morgan fingerprint density at radius 3 is 2.65 bits per heavy atom. The Balaban J connectivity index is 1.37. The van der Waals surface area contributed by atoms with E-state index in [0.717, 1.165) is 50.1 Å². The summed E-state index contributed by atoms with van der Waals surface area (Å²) in [6, 6.07) is 8.19. The molecular formula is C17H22ClN5. The molecule has 1 N–H and O–H groups in total. The molecule has 1 fully saturated rings. The molecule has 5 nitrogen and oxygen atoms in total. The minimum atomic E-state index is 0.552. The fraction of sp³-hybridized carbons (Fsp3) is 0.529. The van der Waals surface area contributed by atoms with Crippen LogP contribution in [0.3, 0.4) is 0 Å². The van der Waals surface area contributed by atoms with Crippen molar-refractivity contribution in [3.63, 3.8) is 0 Å². The van der Waals surface area contributed by atoms with Crippen molar-refractivity contribution in [2.45, 2.75) is 38.4 Å². The Kier molecular flexibility index (Phi) is 4.33. The second-order valence-corrected chi connectivity index (χ2v) is 6.92. The number of aromatic nitrogens is 3. The highest BCUT2D eigenvalue weighted by molar-refractivity contribution is 6.30. The summed E-state index contributed by atoms with van der Waals surface area (Å²) in [5.41, 5.74) is 1.33. The van der Waals surface area contributed by atoms with Crippen LogP contribution in [0.1, 0.15) is 36.0 Å². The summed E-state index contributed by atoms with van der Waals surface area (Å²) in [6.07, 6.45) is 2.33. The lowest BCUT2D eigenvalue weighted by atomic mass is 9.95. The maximum Gasteiger partial charge on any atom is 0.147 e. The zero-order valence-corrected chi connectivity index (χ0v) is 14.0. The van der Waals surface area contributed by atoms with Crippen molar-refractivity contribution in [3.05, 3.63) is 46.5 Å². The Labute approximate surface area is 141 Å². The number of halogens is 1. The van der Waals surface area contributed by atoms with Crippen molar-refractivity contribution in [1.29, 1.82) is 0 Å². The molecule has 0 radical (unpaired) electrons. The molecule has 122 valence electrons. The zero-order valence-electron chi connectivity index (χ0n) is 13.2. The van der Waals surface area contributed by atoms with Gasteiger partial charge in [0, 0.05) is 30.6 Å². The number of likely N-dealkylation sites (tertiary alicyclic amines) is 1. The summed E-state index contributed by atoms with van der Waals surface area (Å²) in [7, 11) is 0. The van der Waals surface area contributed by atoms with Gasteiger partial charge in [-0.25, -0.2) is 0 Å². The van der Waals surface area contributed by atoms with Gasteiger partial charge in [0.1, 0.15) is 11.6 Å². The average molecular weight is 332 g/mol. The third-order valence-corrected chi connectivity index (χ3v) is 5.18. The molecule has 0 aliphatic carbocycles. The molecule has 2 aliphatic rings. The van der Waals surface area contributed by atoms with Gasteiger partial charge in [-0.2, -0.15) is 0 Å². The number of benzene rings is 1. The highest BCUT2D eigenvalue weighted by Crippen LogP contribution is 2.28. The van der Waals surface area contributed by atoms with E-state index < -0.39 is 0 Å². The smallest absolute Gasteiger partial charge is 0.147 e. The van der Waals surface area contributed by atoms with Gasteiger partial charge < -0.3 is 9.88 Å². The van der Waals surface area contributed by atoms with Gasteiger partial charge in [-0.3, -0.25) is 4.90 Å². The first-order valence-electron chi connectivity index (χ1n) is 8.39. The van der Waals surface area contributed by atoms with Crippen LogP contribution in [-0.2, 0) is 19.6 Å². The van der Waals surface area contributed by atoms with Gasteiger partial charge in [0.05, 0.1) is 6.54 Å². The molecule has 1 aromatic heterocycles. The van der Waals surface area contributed by atoms with Crippen LogP contribution in [0.25, 0.3) is 0 Å². The van der Waals surface area contributed by atoms with Crippen LogP contribution in [0.15, 0.2) is 24.3 Å². The molecule has 0 amide bonds. The van der Waals surface area contributed by atoms with Crippen molar-refractivity contribution in [1.82, 2.24) is 25.0 Å². The normalized spacial score (nSPS) is 19.7. The van der Waals surface area contributed by atoms with E-state index in [2.05, 4.69) is 37.1 Å². The van der Waals surface area contributed by atoms with Gasteiger partial charge in [-0.05, 0) is 43.6 Å². The standard InChI is InChI=1S/C17H22ClN5/c18-15-3-1-13(2-4-15)12-22-8-5-14(6-9-22)17-21-20-16-11-19-7-10-23(16)17/h1-4,14,19H,5-12H2. The molecular weight excluding hydrogens is 310 g/mol. The number of hydrogen-bond acceptors (Lipinski definition) is 4. The number of nitrogens with zero attached hydrogens (tertiary/aromatic N) is 4. The van der Waals surface area contributed by atoms with E-state index in [4.69, 9.17) is 11.6 Å². The first-order chi connectivity index (χ1) is 11.3. The SMILES string of the molecule is Clc1ccc(CN2CCC(c3nnc4n3CCNC4)CC2)cc1. The number of hydrogen-bond donors (Lipinski definition) is 1. The van der Waals surface area contributed by atoms with Crippen LogP contribution in [-0.4, -0.2) is 39.3 Å². The molecule has 2 aromatic rings. The molecule has 0 saturated carbocycles. The number of fused-ring (bicyclic) bond motifs is 1. The van der Waals surface area contributed by atoms with Crippen molar-refractivity contribution in [2.24, 2.45) is 0 Å². The fourth-order valence-corrected chi connectivity index (χ4v) is 3.74. The van der Waals surface area contributed by atoms with E-state index in [-0.39, 0.29) is 0 Å². The molecule has 0 atom stereocenters. The van der Waals surface area contributed by atoms with E-state index in [9.17, 15) is 0 Å². The van der Waals surface area contributed by atoms with Crippen LogP contribution in [0.5, 0.6) is 0 Å². The summed E-state index contributed by atoms with van der Waals surface area (Å²) in [4.78, 5) is 2.52. The number of nitrogens with one attached hydrogen (secondary N) is 1. The predicted molar refractivity (Wildman–Crippen MR) is 90.4 cm³/mol. The monoisotopic (exact) mass is 331 g/mol. The van der Waals surface area contributed by atoms with E-state index in [0.29, 0.717) is 5.92 Å². The Bertz CT molecular complexity index is 658. The summed E-state index contributed by atoms with van der Waals surface area (Å²) in [5.74, 6) is 2.85. The number of piperidine rings is 1. The van der Waals surface area contributed by atoms with Gasteiger partial charge in [0.2, 0.25) is 0 Å². The first-order valence-corrected chi connectivity index (χ1v) is 8.77. The second kappa shape index (κ2) is 6.59. The lowest BCUT2D eigenvalue weighted by Crippen LogP contribution is -2.34. The minimum Gasteiger partial charge on any atom is -0.312 e. The molecule has 0 bridgehead atoms. The summed E-state index contributed by atoms with van der Waals surface area (Å²) < 4.78 is 2.33. The quantitative estimate of drug-likeness (QED) is 0.938. The lowest BCUT2D eigenvalue weighted by Gasteiger charge is -2.32. The Morgan fingerprint density at radius 1 is 1.09 bits per heavy atom. The molecule has 0 unspecified atom stereocenters. The third kappa shape index (κ3) is 3.27. The van der Waals surface area contributed by atoms with Crippen molar-refractivity contribution >= 4 is 11.6 Å². The zero-order chi connectivity index (χ0) is 15.6. The van der Waals surface area contributed by atoms with Crippen molar-refractivity contribution in [2.75, 3.05) is 19.6 Å². The van der Waals surface area contributed by atoms with Gasteiger partial charge in [-0.15, -0.1) is 10.2 Å². The summed E-state index contributed by atoms with van der Waals surface area (Å²) >= 11 is 5.96. The van der Waals surface area contributed by atoms with E-state index in [1.807, 2.05) is 12.1 Å². The topological polar surface area (TPSA) is 46.0 Å². The number of rotatable bonds is 3. The van der Waals surface area contributed by atoms with Crippen LogP contribution in [0.4, 0.5) is 0 Å². The molecule has 4 rings (SSSR count). The van der Waals surface area contributed by atoms with Gasteiger partial charge >= 0.3 is 0 Å². The molecule has 1 aromatic carbocycles. The van der Waals surface area contributed by atoms with Crippen LogP contribution < -0.4 is 5.32 Å². The molecule has 1 saturated heterocycles. The third-order valence-electron chi connectivity index (χ3n) is 4.92. The average Bonchev–Trinajstić information content (AvgIpc) is 3.02. The largest absolute Gasteiger partial charge is 0.312 e. The maximum atomic E-state index is 5.96. The fourth-order valence-electron chi connectivity index (χ4n) is 3.61. The van der Waals surface area contributed by atoms with Crippen LogP contribution in [0.2, 0.25) is 5.02 Å². The van der Waals surface area contributed by atoms with Gasteiger partial charge in [0.25, 0.3) is 0 Å². The molecule has 23 heavy (non-hydrogen) atoms. The van der Waals surface area contributed by atoms with Crippen LogP contribution >= 0.6 is 11.6 Å². The highest BCUT2D eigenvalue weighted by Gasteiger charge is 2.26. The predicted octanol–water partition coefficient (Wildman–Crippen LogP) is 2.41. The second-order valence-electron chi connectivity index (χ2n) is 6.48. The van der Waals surface area contributed by atoms with Gasteiger partial charge in [-0.1, -0.05) is 23.7 Å². The van der Waals surface area contributed by atoms with Crippen molar-refractivity contribution in [3.8, 4) is 0 Å². The Hall–Kier alpha value is -1.43. The van der Waals surface area contributed by atoms with E-state index in [1.165, 1.54) is 24.2 Å². The highest BCUT2D eigenvalue weighted by atomic mass is 35.5. The Morgan fingerprint density at radius 2 is 1.87 bits per heavy atom. The van der Waals surface area contributed by atoms with Gasteiger partial charge in [0.15, 0.2) is 0 Å². The maximum absolute atomic E-state index is 5.96. The lowest BCUT2D eigenvalue weighted by molar-refractivity contribution is 0.199. The van der Waals surface area contributed by atoms with E-state index in [1.54, 1.807) is 0 Å². The summed E-state index contributed by atoms with van der Waals surface area (Å²) in [6.45, 7) is 6.12. The first kappa shape index (κ1) is 15.1. The van der Waals surface area contributed by atoms with Crippen LogP contribution in [0, 0.1) is 0 Å². The summed E-state index contributed by atoms with van der Waals surface area (Å²) in [5, 5.41) is 13.0.